The highest BCUT2D eigenvalue weighted by atomic mass is 19.1. The lowest BCUT2D eigenvalue weighted by molar-refractivity contribution is -0.122. The fraction of sp³-hybridized carbons (Fsp3) is 0.500. The van der Waals surface area contributed by atoms with Gasteiger partial charge in [0.05, 0.1) is 5.56 Å². The quantitative estimate of drug-likeness (QED) is 0.761. The number of nitrogens with one attached hydrogen (secondary N) is 2. The molecule has 0 aliphatic heterocycles. The van der Waals surface area contributed by atoms with E-state index in [1.165, 1.54) is 0 Å². The Kier molecular flexibility index (Phi) is 6.46. The lowest BCUT2D eigenvalue weighted by Crippen LogP contribution is -2.42. The molecule has 0 heterocycles. The van der Waals surface area contributed by atoms with Crippen LogP contribution in [0.2, 0.25) is 0 Å². The topological polar surface area (TPSA) is 58.2 Å². The highest BCUT2D eigenvalue weighted by molar-refractivity contribution is 5.94. The molecule has 2 amide bonds. The van der Waals surface area contributed by atoms with Crippen molar-refractivity contribution >= 4 is 11.8 Å². The number of amides is 2. The molecule has 0 fully saturated rings. The maximum absolute atomic E-state index is 13.4. The van der Waals surface area contributed by atoms with Crippen LogP contribution in [-0.2, 0) is 4.79 Å². The van der Waals surface area contributed by atoms with E-state index in [1.807, 2.05) is 20.8 Å². The van der Waals surface area contributed by atoms with Crippen molar-refractivity contribution in [3.05, 3.63) is 35.4 Å². The van der Waals surface area contributed by atoms with Crippen molar-refractivity contribution in [2.24, 2.45) is 0 Å². The van der Waals surface area contributed by atoms with Gasteiger partial charge in [0.15, 0.2) is 0 Å². The Morgan fingerprint density at radius 3 is 2.50 bits per heavy atom. The zero-order chi connectivity index (χ0) is 16.8. The van der Waals surface area contributed by atoms with Gasteiger partial charge in [-0.1, -0.05) is 6.92 Å². The minimum absolute atomic E-state index is 0.0888. The Hall–Kier alpha value is -1.98. The van der Waals surface area contributed by atoms with Crippen molar-refractivity contribution in [3.8, 4) is 0 Å². The Bertz CT molecular complexity index is 545. The number of carbonyl (C=O) groups is 2. The molecule has 22 heavy (non-hydrogen) atoms. The zero-order valence-corrected chi connectivity index (χ0v) is 13.1. The minimum atomic E-state index is -0.903. The third-order valence-electron chi connectivity index (χ3n) is 3.40. The summed E-state index contributed by atoms with van der Waals surface area (Å²) in [7, 11) is 0. The molecular weight excluding hydrogens is 290 g/mol. The summed E-state index contributed by atoms with van der Waals surface area (Å²) in [5.74, 6) is -2.34. The van der Waals surface area contributed by atoms with E-state index in [2.05, 4.69) is 10.6 Å². The monoisotopic (exact) mass is 312 g/mol. The normalized spacial score (nSPS) is 11.1. The lowest BCUT2D eigenvalue weighted by Gasteiger charge is -2.24. The van der Waals surface area contributed by atoms with Gasteiger partial charge in [0, 0.05) is 24.6 Å². The molecule has 0 atom stereocenters. The number of halogens is 2. The molecule has 4 nitrogen and oxygen atoms in total. The Labute approximate surface area is 129 Å². The first-order chi connectivity index (χ1) is 10.2. The third-order valence-corrected chi connectivity index (χ3v) is 3.40. The smallest absolute Gasteiger partial charge is 0.254 e. The number of benzene rings is 1. The Balaban J connectivity index is 2.35. The van der Waals surface area contributed by atoms with Gasteiger partial charge in [-0.3, -0.25) is 9.59 Å². The fourth-order valence-corrected chi connectivity index (χ4v) is 1.75. The highest BCUT2D eigenvalue weighted by Gasteiger charge is 2.17. The van der Waals surface area contributed by atoms with Gasteiger partial charge >= 0.3 is 0 Å². The number of hydrogen-bond acceptors (Lipinski definition) is 2. The predicted octanol–water partition coefficient (Wildman–Crippen LogP) is 2.78. The molecule has 0 saturated heterocycles. The van der Waals surface area contributed by atoms with E-state index < -0.39 is 17.5 Å². The molecule has 0 unspecified atom stereocenters. The molecule has 0 aliphatic carbocycles. The van der Waals surface area contributed by atoms with E-state index in [-0.39, 0.29) is 30.0 Å². The van der Waals surface area contributed by atoms with Crippen molar-refractivity contribution in [3.63, 3.8) is 0 Å². The van der Waals surface area contributed by atoms with Crippen LogP contribution >= 0.6 is 0 Å². The van der Waals surface area contributed by atoms with E-state index in [0.29, 0.717) is 12.5 Å². The largest absolute Gasteiger partial charge is 0.352 e. The van der Waals surface area contributed by atoms with Gasteiger partial charge in [-0.2, -0.15) is 0 Å². The van der Waals surface area contributed by atoms with E-state index in [1.54, 1.807) is 0 Å². The van der Waals surface area contributed by atoms with Gasteiger partial charge in [-0.25, -0.2) is 8.78 Å². The second kappa shape index (κ2) is 7.87. The molecule has 0 radical (unpaired) electrons. The summed E-state index contributed by atoms with van der Waals surface area (Å²) in [6.07, 6.45) is 1.54. The molecule has 0 saturated carbocycles. The fourth-order valence-electron chi connectivity index (χ4n) is 1.75. The van der Waals surface area contributed by atoms with Crippen LogP contribution < -0.4 is 10.6 Å². The summed E-state index contributed by atoms with van der Waals surface area (Å²) in [5, 5.41) is 5.40. The Morgan fingerprint density at radius 2 is 1.91 bits per heavy atom. The van der Waals surface area contributed by atoms with Crippen LogP contribution in [0.4, 0.5) is 8.78 Å². The average Bonchev–Trinajstić information content (AvgIpc) is 2.43. The average molecular weight is 312 g/mol. The minimum Gasteiger partial charge on any atom is -0.352 e. The summed E-state index contributed by atoms with van der Waals surface area (Å²) in [4.78, 5) is 23.4. The molecule has 0 aromatic heterocycles. The second-order valence-electron chi connectivity index (χ2n) is 5.77. The number of carbonyl (C=O) groups excluding carboxylic acids is 2. The van der Waals surface area contributed by atoms with Gasteiger partial charge in [0.2, 0.25) is 5.91 Å². The van der Waals surface area contributed by atoms with Crippen LogP contribution in [0.15, 0.2) is 18.2 Å². The molecule has 2 N–H and O–H groups in total. The number of rotatable bonds is 7. The molecular formula is C16H22F2N2O2. The molecule has 122 valence electrons. The standard InChI is InChI=1S/C16H22F2N2O2/c1-4-16(2,3)20-14(21)6-5-9-19-15(22)12-8-7-11(17)10-13(12)18/h7-8,10H,4-6,9H2,1-3H3,(H,19,22)(H,20,21). The van der Waals surface area contributed by atoms with Crippen LogP contribution in [0.5, 0.6) is 0 Å². The summed E-state index contributed by atoms with van der Waals surface area (Å²) < 4.78 is 26.2. The first kappa shape index (κ1) is 18.1. The van der Waals surface area contributed by atoms with Crippen molar-refractivity contribution in [2.75, 3.05) is 6.54 Å². The molecule has 6 heteroatoms. The predicted molar refractivity (Wildman–Crippen MR) is 80.4 cm³/mol. The van der Waals surface area contributed by atoms with Gasteiger partial charge in [-0.05, 0) is 38.8 Å². The van der Waals surface area contributed by atoms with Gasteiger partial charge in [0.1, 0.15) is 11.6 Å². The van der Waals surface area contributed by atoms with Crippen molar-refractivity contribution < 1.29 is 18.4 Å². The van der Waals surface area contributed by atoms with Gasteiger partial charge in [0.25, 0.3) is 5.91 Å². The highest BCUT2D eigenvalue weighted by Crippen LogP contribution is 2.09. The second-order valence-corrected chi connectivity index (χ2v) is 5.77. The third kappa shape index (κ3) is 5.79. The SMILES string of the molecule is CCC(C)(C)NC(=O)CCCNC(=O)c1ccc(F)cc1F. The molecule has 0 aliphatic rings. The first-order valence-corrected chi connectivity index (χ1v) is 7.29. The van der Waals surface area contributed by atoms with Crippen molar-refractivity contribution in [1.29, 1.82) is 0 Å². The number of hydrogen-bond donors (Lipinski definition) is 2. The molecule has 1 aromatic rings. The summed E-state index contributed by atoms with van der Waals surface area (Å²) in [6.45, 7) is 6.10. The van der Waals surface area contributed by atoms with E-state index in [9.17, 15) is 18.4 Å². The maximum atomic E-state index is 13.4. The summed E-state index contributed by atoms with van der Waals surface area (Å²) >= 11 is 0. The van der Waals surface area contributed by atoms with Crippen LogP contribution in [-0.4, -0.2) is 23.9 Å². The van der Waals surface area contributed by atoms with Crippen molar-refractivity contribution in [1.82, 2.24) is 10.6 Å². The lowest BCUT2D eigenvalue weighted by atomic mass is 10.0. The van der Waals surface area contributed by atoms with E-state index >= 15 is 0 Å². The summed E-state index contributed by atoms with van der Waals surface area (Å²) in [6, 6.07) is 2.78. The molecule has 0 spiro atoms. The van der Waals surface area contributed by atoms with E-state index in [0.717, 1.165) is 18.6 Å². The maximum Gasteiger partial charge on any atom is 0.254 e. The molecule has 1 rings (SSSR count). The van der Waals surface area contributed by atoms with Crippen LogP contribution in [0.3, 0.4) is 0 Å². The van der Waals surface area contributed by atoms with Crippen LogP contribution in [0, 0.1) is 11.6 Å². The Morgan fingerprint density at radius 1 is 1.23 bits per heavy atom. The van der Waals surface area contributed by atoms with E-state index in [4.69, 9.17) is 0 Å². The zero-order valence-electron chi connectivity index (χ0n) is 13.1. The molecule has 0 bridgehead atoms. The van der Waals surface area contributed by atoms with Gasteiger partial charge < -0.3 is 10.6 Å². The summed E-state index contributed by atoms with van der Waals surface area (Å²) in [5.41, 5.74) is -0.463. The molecule has 1 aromatic carbocycles. The van der Waals surface area contributed by atoms with Crippen LogP contribution in [0.1, 0.15) is 50.4 Å². The van der Waals surface area contributed by atoms with Crippen molar-refractivity contribution in [2.45, 2.75) is 45.6 Å². The first-order valence-electron chi connectivity index (χ1n) is 7.29. The van der Waals surface area contributed by atoms with Crippen LogP contribution in [0.25, 0.3) is 0 Å². The van der Waals surface area contributed by atoms with Gasteiger partial charge in [-0.15, -0.1) is 0 Å².